The van der Waals surface area contributed by atoms with E-state index >= 15 is 0 Å². The molecule has 0 fully saturated rings. The summed E-state index contributed by atoms with van der Waals surface area (Å²) in [7, 11) is 0. The number of aromatic carboxylic acids is 1. The van der Waals surface area contributed by atoms with Crippen molar-refractivity contribution in [3.63, 3.8) is 0 Å². The van der Waals surface area contributed by atoms with Crippen LogP contribution >= 0.6 is 0 Å². The van der Waals surface area contributed by atoms with Crippen molar-refractivity contribution in [3.05, 3.63) is 30.0 Å². The highest BCUT2D eigenvalue weighted by Gasteiger charge is 2.17. The number of aromatic nitrogens is 1. The highest BCUT2D eigenvalue weighted by molar-refractivity contribution is 6.03. The summed E-state index contributed by atoms with van der Waals surface area (Å²) in [6, 6.07) is 4.80. The van der Waals surface area contributed by atoms with Crippen molar-refractivity contribution in [2.45, 2.75) is 0 Å². The van der Waals surface area contributed by atoms with Gasteiger partial charge in [0.1, 0.15) is 0 Å². The van der Waals surface area contributed by atoms with Crippen LogP contribution in [0.5, 0.6) is 11.5 Å². The number of carboxylic acids is 1. The zero-order chi connectivity index (χ0) is 11.1. The van der Waals surface area contributed by atoms with E-state index in [2.05, 4.69) is 4.98 Å². The van der Waals surface area contributed by atoms with Gasteiger partial charge in [0.15, 0.2) is 11.5 Å². The van der Waals surface area contributed by atoms with Crippen molar-refractivity contribution in [1.29, 1.82) is 0 Å². The van der Waals surface area contributed by atoms with E-state index in [4.69, 9.17) is 14.6 Å². The van der Waals surface area contributed by atoms with Crippen LogP contribution < -0.4 is 9.47 Å². The number of carboxylic acid groups (broad SMARTS) is 1. The van der Waals surface area contributed by atoms with Gasteiger partial charge in [-0.15, -0.1) is 0 Å². The first-order valence-corrected chi connectivity index (χ1v) is 4.67. The number of benzene rings is 1. The van der Waals surface area contributed by atoms with Gasteiger partial charge in [-0.25, -0.2) is 4.79 Å². The van der Waals surface area contributed by atoms with E-state index in [1.165, 1.54) is 12.3 Å². The maximum atomic E-state index is 11.0. The molecule has 5 nitrogen and oxygen atoms in total. The van der Waals surface area contributed by atoms with Crippen LogP contribution in [-0.4, -0.2) is 22.9 Å². The molecule has 0 unspecified atom stereocenters. The van der Waals surface area contributed by atoms with E-state index in [9.17, 15) is 4.79 Å². The molecule has 1 N–H and O–H groups in total. The largest absolute Gasteiger partial charge is 0.478 e. The van der Waals surface area contributed by atoms with Gasteiger partial charge >= 0.3 is 5.97 Å². The molecule has 1 aromatic heterocycles. The Morgan fingerprint density at radius 3 is 2.81 bits per heavy atom. The maximum absolute atomic E-state index is 11.0. The fourth-order valence-electron chi connectivity index (χ4n) is 1.72. The maximum Gasteiger partial charge on any atom is 0.336 e. The third-order valence-corrected chi connectivity index (χ3v) is 2.47. The van der Waals surface area contributed by atoms with E-state index in [1.54, 1.807) is 12.1 Å². The zero-order valence-electron chi connectivity index (χ0n) is 8.14. The number of hydrogen-bond donors (Lipinski definition) is 1. The Bertz CT molecular complexity index is 594. The number of pyridine rings is 1. The lowest BCUT2D eigenvalue weighted by Crippen LogP contribution is -1.98. The van der Waals surface area contributed by atoms with Gasteiger partial charge in [0.2, 0.25) is 6.79 Å². The van der Waals surface area contributed by atoms with Crippen LogP contribution in [0.3, 0.4) is 0 Å². The lowest BCUT2D eigenvalue weighted by molar-refractivity contribution is 0.0699. The van der Waals surface area contributed by atoms with Gasteiger partial charge in [-0.05, 0) is 12.1 Å². The summed E-state index contributed by atoms with van der Waals surface area (Å²) >= 11 is 0. The molecule has 0 saturated heterocycles. The predicted molar refractivity (Wildman–Crippen MR) is 54.8 cm³/mol. The minimum absolute atomic E-state index is 0.161. The van der Waals surface area contributed by atoms with Crippen molar-refractivity contribution in [2.75, 3.05) is 6.79 Å². The summed E-state index contributed by atoms with van der Waals surface area (Å²) in [4.78, 5) is 15.1. The molecule has 0 spiro atoms. The fraction of sp³-hybridized carbons (Fsp3) is 0.0909. The highest BCUT2D eigenvalue weighted by atomic mass is 16.7. The van der Waals surface area contributed by atoms with Gasteiger partial charge < -0.3 is 14.6 Å². The molecule has 2 aromatic rings. The molecule has 0 bridgehead atoms. The molecule has 5 heteroatoms. The Balaban J connectivity index is 2.35. The van der Waals surface area contributed by atoms with Crippen molar-refractivity contribution >= 4 is 16.9 Å². The van der Waals surface area contributed by atoms with E-state index in [0.29, 0.717) is 22.4 Å². The molecule has 2 heterocycles. The lowest BCUT2D eigenvalue weighted by atomic mass is 10.1. The van der Waals surface area contributed by atoms with Crippen molar-refractivity contribution in [2.24, 2.45) is 0 Å². The topological polar surface area (TPSA) is 68.7 Å². The van der Waals surface area contributed by atoms with Crippen LogP contribution in [0.2, 0.25) is 0 Å². The smallest absolute Gasteiger partial charge is 0.336 e. The van der Waals surface area contributed by atoms with E-state index < -0.39 is 5.97 Å². The van der Waals surface area contributed by atoms with Crippen LogP contribution in [0, 0.1) is 0 Å². The molecular formula is C11H7NO4. The average Bonchev–Trinajstić information content (AvgIpc) is 2.71. The second-order valence-corrected chi connectivity index (χ2v) is 3.39. The van der Waals surface area contributed by atoms with Gasteiger partial charge in [0.05, 0.1) is 11.1 Å². The molecule has 16 heavy (non-hydrogen) atoms. The summed E-state index contributed by atoms with van der Waals surface area (Å²) in [5.41, 5.74) is 0.799. The summed E-state index contributed by atoms with van der Waals surface area (Å²) in [5, 5.41) is 9.59. The number of hydrogen-bond acceptors (Lipinski definition) is 4. The van der Waals surface area contributed by atoms with Crippen LogP contribution in [0.4, 0.5) is 0 Å². The summed E-state index contributed by atoms with van der Waals surface area (Å²) in [5.74, 6) is 0.178. The molecule has 0 atom stereocenters. The molecule has 1 aliphatic rings. The molecule has 1 aromatic carbocycles. The minimum atomic E-state index is -0.980. The van der Waals surface area contributed by atoms with E-state index in [0.717, 1.165) is 0 Å². The third kappa shape index (κ3) is 1.18. The van der Waals surface area contributed by atoms with E-state index in [1.807, 2.05) is 0 Å². The third-order valence-electron chi connectivity index (χ3n) is 2.47. The molecule has 80 valence electrons. The molecule has 0 amide bonds. The van der Waals surface area contributed by atoms with Crippen molar-refractivity contribution in [1.82, 2.24) is 4.98 Å². The average molecular weight is 217 g/mol. The summed E-state index contributed by atoms with van der Waals surface area (Å²) < 4.78 is 10.4. The molecule has 0 radical (unpaired) electrons. The first kappa shape index (κ1) is 8.96. The predicted octanol–water partition coefficient (Wildman–Crippen LogP) is 1.66. The quantitative estimate of drug-likeness (QED) is 0.786. The second-order valence-electron chi connectivity index (χ2n) is 3.39. The number of rotatable bonds is 1. The molecular weight excluding hydrogens is 210 g/mol. The molecule has 1 aliphatic heterocycles. The fourth-order valence-corrected chi connectivity index (χ4v) is 1.72. The van der Waals surface area contributed by atoms with Crippen LogP contribution in [0.25, 0.3) is 10.9 Å². The Labute approximate surface area is 90.2 Å². The minimum Gasteiger partial charge on any atom is -0.478 e. The molecule has 0 saturated carbocycles. The van der Waals surface area contributed by atoms with Gasteiger partial charge in [0.25, 0.3) is 0 Å². The van der Waals surface area contributed by atoms with Crippen LogP contribution in [0.1, 0.15) is 10.4 Å². The first-order chi connectivity index (χ1) is 7.75. The van der Waals surface area contributed by atoms with Crippen molar-refractivity contribution < 1.29 is 19.4 Å². The van der Waals surface area contributed by atoms with Gasteiger partial charge in [-0.1, -0.05) is 0 Å². The first-order valence-electron chi connectivity index (χ1n) is 4.67. The lowest BCUT2D eigenvalue weighted by Gasteiger charge is -2.03. The van der Waals surface area contributed by atoms with Crippen LogP contribution in [-0.2, 0) is 0 Å². The monoisotopic (exact) mass is 217 g/mol. The Morgan fingerprint density at radius 2 is 2.06 bits per heavy atom. The number of ether oxygens (including phenoxy) is 2. The van der Waals surface area contributed by atoms with E-state index in [-0.39, 0.29) is 12.4 Å². The molecule has 3 rings (SSSR count). The zero-order valence-corrected chi connectivity index (χ0v) is 8.14. The highest BCUT2D eigenvalue weighted by Crippen LogP contribution is 2.36. The number of nitrogens with zero attached hydrogens (tertiary/aromatic N) is 1. The summed E-state index contributed by atoms with van der Waals surface area (Å²) in [6.07, 6.45) is 1.47. The Hall–Kier alpha value is -2.30. The second kappa shape index (κ2) is 3.10. The van der Waals surface area contributed by atoms with Gasteiger partial charge in [-0.3, -0.25) is 4.98 Å². The Kier molecular flexibility index (Phi) is 1.73. The molecule has 0 aliphatic carbocycles. The normalized spacial score (nSPS) is 13.0. The summed E-state index contributed by atoms with van der Waals surface area (Å²) in [6.45, 7) is 0.161. The SMILES string of the molecule is O=C(O)c1ccnc2cc3c(cc12)OCO3. The van der Waals surface area contributed by atoms with Gasteiger partial charge in [-0.2, -0.15) is 0 Å². The number of fused-ring (bicyclic) bond motifs is 2. The van der Waals surface area contributed by atoms with Crippen LogP contribution in [0.15, 0.2) is 24.4 Å². The standard InChI is InChI=1S/C11H7NO4/c13-11(14)6-1-2-12-8-4-10-9(3-7(6)8)15-5-16-10/h1-4H,5H2,(H,13,14). The van der Waals surface area contributed by atoms with Gasteiger partial charge in [0, 0.05) is 17.6 Å². The Morgan fingerprint density at radius 1 is 1.31 bits per heavy atom. The number of carbonyl (C=O) groups is 1. The van der Waals surface area contributed by atoms with Crippen molar-refractivity contribution in [3.8, 4) is 11.5 Å².